The highest BCUT2D eigenvalue weighted by Crippen LogP contribution is 2.31. The smallest absolute Gasteiger partial charge is 0.242 e. The van der Waals surface area contributed by atoms with Gasteiger partial charge in [-0.1, -0.05) is 19.3 Å². The van der Waals surface area contributed by atoms with Gasteiger partial charge in [0.1, 0.15) is 0 Å². The summed E-state index contributed by atoms with van der Waals surface area (Å²) in [6.07, 6.45) is 5.91. The van der Waals surface area contributed by atoms with Crippen molar-refractivity contribution in [2.75, 3.05) is 27.8 Å². The summed E-state index contributed by atoms with van der Waals surface area (Å²) in [4.78, 5) is 0.239. The standard InChI is InChI=1S/C16H25NO4S/c1-17(12-13-7-5-4-6-8-13)22(18,19)14-9-10-15(20-2)16(11-14)21-3/h9-11,13H,4-8,12H2,1-3H3. The molecule has 1 aliphatic rings. The number of hydrogen-bond acceptors (Lipinski definition) is 4. The van der Waals surface area contributed by atoms with Crippen molar-refractivity contribution >= 4 is 10.0 Å². The summed E-state index contributed by atoms with van der Waals surface area (Å²) >= 11 is 0. The normalized spacial score (nSPS) is 16.7. The lowest BCUT2D eigenvalue weighted by Gasteiger charge is -2.26. The average molecular weight is 327 g/mol. The first kappa shape index (κ1) is 17.1. The third-order valence-electron chi connectivity index (χ3n) is 4.30. The van der Waals surface area contributed by atoms with Crippen LogP contribution in [0.25, 0.3) is 0 Å². The van der Waals surface area contributed by atoms with E-state index in [-0.39, 0.29) is 4.90 Å². The molecule has 0 aliphatic heterocycles. The van der Waals surface area contributed by atoms with E-state index in [1.54, 1.807) is 19.2 Å². The molecule has 1 saturated carbocycles. The largest absolute Gasteiger partial charge is 0.493 e. The first-order valence-corrected chi connectivity index (χ1v) is 9.11. The maximum absolute atomic E-state index is 12.7. The van der Waals surface area contributed by atoms with Crippen molar-refractivity contribution in [3.8, 4) is 11.5 Å². The number of rotatable bonds is 6. The zero-order valence-electron chi connectivity index (χ0n) is 13.5. The lowest BCUT2D eigenvalue weighted by molar-refractivity contribution is 0.300. The van der Waals surface area contributed by atoms with E-state index in [4.69, 9.17) is 9.47 Å². The molecule has 0 heterocycles. The van der Waals surface area contributed by atoms with Crippen LogP contribution in [0, 0.1) is 5.92 Å². The van der Waals surface area contributed by atoms with Gasteiger partial charge in [-0.3, -0.25) is 0 Å². The third-order valence-corrected chi connectivity index (χ3v) is 6.12. The zero-order chi connectivity index (χ0) is 16.2. The second-order valence-electron chi connectivity index (χ2n) is 5.81. The Morgan fingerprint density at radius 1 is 1.09 bits per heavy atom. The number of sulfonamides is 1. The van der Waals surface area contributed by atoms with Gasteiger partial charge in [0.25, 0.3) is 0 Å². The van der Waals surface area contributed by atoms with Gasteiger partial charge in [-0.2, -0.15) is 0 Å². The highest BCUT2D eigenvalue weighted by molar-refractivity contribution is 7.89. The van der Waals surface area contributed by atoms with Crippen molar-refractivity contribution in [3.63, 3.8) is 0 Å². The van der Waals surface area contributed by atoms with Crippen LogP contribution in [0.3, 0.4) is 0 Å². The quantitative estimate of drug-likeness (QED) is 0.806. The Hall–Kier alpha value is -1.27. The van der Waals surface area contributed by atoms with E-state index in [2.05, 4.69) is 0 Å². The van der Waals surface area contributed by atoms with Gasteiger partial charge in [0.05, 0.1) is 19.1 Å². The molecule has 0 unspecified atom stereocenters. The Bertz CT molecular complexity index is 594. The van der Waals surface area contributed by atoms with Crippen molar-refractivity contribution in [3.05, 3.63) is 18.2 Å². The fourth-order valence-electron chi connectivity index (χ4n) is 2.99. The molecule has 0 bridgehead atoms. The van der Waals surface area contributed by atoms with E-state index >= 15 is 0 Å². The molecule has 5 nitrogen and oxygen atoms in total. The van der Waals surface area contributed by atoms with Crippen LogP contribution in [0.4, 0.5) is 0 Å². The first-order chi connectivity index (χ1) is 10.5. The summed E-state index contributed by atoms with van der Waals surface area (Å²) in [5.74, 6) is 1.42. The lowest BCUT2D eigenvalue weighted by Crippen LogP contribution is -2.32. The second-order valence-corrected chi connectivity index (χ2v) is 7.85. The Morgan fingerprint density at radius 2 is 1.73 bits per heavy atom. The van der Waals surface area contributed by atoms with Crippen LogP contribution in [-0.4, -0.2) is 40.5 Å². The van der Waals surface area contributed by atoms with Gasteiger partial charge in [0.15, 0.2) is 11.5 Å². The van der Waals surface area contributed by atoms with Crippen LogP contribution in [0.15, 0.2) is 23.1 Å². The van der Waals surface area contributed by atoms with Crippen LogP contribution in [-0.2, 0) is 10.0 Å². The second kappa shape index (κ2) is 7.33. The predicted molar refractivity (Wildman–Crippen MR) is 85.9 cm³/mol. The van der Waals surface area contributed by atoms with E-state index < -0.39 is 10.0 Å². The summed E-state index contributed by atoms with van der Waals surface area (Å²) in [7, 11) is 1.18. The molecule has 0 amide bonds. The molecule has 0 aromatic heterocycles. The first-order valence-electron chi connectivity index (χ1n) is 7.67. The van der Waals surface area contributed by atoms with E-state index in [0.717, 1.165) is 12.8 Å². The van der Waals surface area contributed by atoms with E-state index in [1.165, 1.54) is 43.9 Å². The molecule has 1 aliphatic carbocycles. The van der Waals surface area contributed by atoms with Gasteiger partial charge in [-0.15, -0.1) is 0 Å². The van der Waals surface area contributed by atoms with E-state index in [9.17, 15) is 8.42 Å². The molecule has 0 saturated heterocycles. The summed E-state index contributed by atoms with van der Waals surface area (Å²) in [5.41, 5.74) is 0. The SMILES string of the molecule is COc1ccc(S(=O)(=O)N(C)CC2CCCCC2)cc1OC. The van der Waals surface area contributed by atoms with Gasteiger partial charge >= 0.3 is 0 Å². The van der Waals surface area contributed by atoms with Gasteiger partial charge in [-0.25, -0.2) is 12.7 Å². The number of hydrogen-bond donors (Lipinski definition) is 0. The maximum atomic E-state index is 12.7. The van der Waals surface area contributed by atoms with E-state index in [1.807, 2.05) is 0 Å². The van der Waals surface area contributed by atoms with Crippen molar-refractivity contribution in [2.45, 2.75) is 37.0 Å². The molecule has 124 valence electrons. The van der Waals surface area contributed by atoms with Crippen LogP contribution in [0.5, 0.6) is 11.5 Å². The van der Waals surface area contributed by atoms with Gasteiger partial charge in [0, 0.05) is 19.7 Å². The lowest BCUT2D eigenvalue weighted by atomic mass is 9.89. The highest BCUT2D eigenvalue weighted by atomic mass is 32.2. The maximum Gasteiger partial charge on any atom is 0.242 e. The summed E-state index contributed by atoms with van der Waals surface area (Å²) in [6.45, 7) is 0.580. The number of methoxy groups -OCH3 is 2. The van der Waals surface area contributed by atoms with Crippen LogP contribution >= 0.6 is 0 Å². The van der Waals surface area contributed by atoms with Crippen LogP contribution in [0.2, 0.25) is 0 Å². The fraction of sp³-hybridized carbons (Fsp3) is 0.625. The molecule has 1 aromatic carbocycles. The Labute approximate surface area is 133 Å². The molecule has 22 heavy (non-hydrogen) atoms. The summed E-state index contributed by atoms with van der Waals surface area (Å²) < 4.78 is 37.2. The van der Waals surface area contributed by atoms with Gasteiger partial charge in [-0.05, 0) is 30.9 Å². The molecule has 6 heteroatoms. The molecule has 1 fully saturated rings. The third kappa shape index (κ3) is 3.73. The highest BCUT2D eigenvalue weighted by Gasteiger charge is 2.25. The molecule has 0 N–H and O–H groups in total. The summed E-state index contributed by atoms with van der Waals surface area (Å²) in [5, 5.41) is 0. The monoisotopic (exact) mass is 327 g/mol. The molecule has 0 radical (unpaired) electrons. The van der Waals surface area contributed by atoms with Crippen molar-refractivity contribution in [1.29, 1.82) is 0 Å². The molecular formula is C16H25NO4S. The molecule has 1 aromatic rings. The van der Waals surface area contributed by atoms with Gasteiger partial charge < -0.3 is 9.47 Å². The van der Waals surface area contributed by atoms with Crippen molar-refractivity contribution < 1.29 is 17.9 Å². The minimum Gasteiger partial charge on any atom is -0.493 e. The van der Waals surface area contributed by atoms with Crippen LogP contribution in [0.1, 0.15) is 32.1 Å². The van der Waals surface area contributed by atoms with E-state index in [0.29, 0.717) is 24.0 Å². The fourth-order valence-corrected chi connectivity index (χ4v) is 4.25. The Morgan fingerprint density at radius 3 is 2.32 bits per heavy atom. The summed E-state index contributed by atoms with van der Waals surface area (Å²) in [6, 6.07) is 4.71. The molecule has 0 spiro atoms. The number of benzene rings is 1. The Balaban J connectivity index is 2.17. The van der Waals surface area contributed by atoms with Crippen molar-refractivity contribution in [1.82, 2.24) is 4.31 Å². The number of nitrogens with zero attached hydrogens (tertiary/aromatic N) is 1. The predicted octanol–water partition coefficient (Wildman–Crippen LogP) is 2.90. The molecule has 0 atom stereocenters. The molecule has 2 rings (SSSR count). The van der Waals surface area contributed by atoms with Crippen LogP contribution < -0.4 is 9.47 Å². The number of ether oxygens (including phenoxy) is 2. The molecular weight excluding hydrogens is 302 g/mol. The minimum absolute atomic E-state index is 0.239. The zero-order valence-corrected chi connectivity index (χ0v) is 14.4. The van der Waals surface area contributed by atoms with Crippen molar-refractivity contribution in [2.24, 2.45) is 5.92 Å². The average Bonchev–Trinajstić information content (AvgIpc) is 2.54. The Kier molecular flexibility index (Phi) is 5.69. The minimum atomic E-state index is -3.50. The topological polar surface area (TPSA) is 55.8 Å². The van der Waals surface area contributed by atoms with Gasteiger partial charge in [0.2, 0.25) is 10.0 Å².